The van der Waals surface area contributed by atoms with E-state index in [4.69, 9.17) is 0 Å². The molecule has 0 aliphatic rings. The molecular formula is C31H41NO2. The van der Waals surface area contributed by atoms with Gasteiger partial charge in [-0.3, -0.25) is 0 Å². The molecule has 0 unspecified atom stereocenters. The molecule has 0 aliphatic carbocycles. The molecule has 3 aromatic rings. The summed E-state index contributed by atoms with van der Waals surface area (Å²) in [4.78, 5) is 11.8. The van der Waals surface area contributed by atoms with Crippen LogP contribution in [0.5, 0.6) is 0 Å². The van der Waals surface area contributed by atoms with Gasteiger partial charge < -0.3 is 10.4 Å². The monoisotopic (exact) mass is 459 g/mol. The predicted molar refractivity (Wildman–Crippen MR) is 145 cm³/mol. The Morgan fingerprint density at radius 1 is 0.706 bits per heavy atom. The summed E-state index contributed by atoms with van der Waals surface area (Å²) in [5.74, 6) is -0.920. The Balaban J connectivity index is 1.39. The molecule has 0 aliphatic heterocycles. The molecule has 182 valence electrons. The molecule has 0 aromatic heterocycles. The van der Waals surface area contributed by atoms with E-state index in [9.17, 15) is 9.90 Å². The molecule has 3 aromatic carbocycles. The molecule has 0 atom stereocenters. The normalized spacial score (nSPS) is 11.1. The van der Waals surface area contributed by atoms with Crippen molar-refractivity contribution in [1.29, 1.82) is 0 Å². The average molecular weight is 460 g/mol. The number of anilines is 2. The predicted octanol–water partition coefficient (Wildman–Crippen LogP) is 9.53. The van der Waals surface area contributed by atoms with Crippen molar-refractivity contribution in [2.24, 2.45) is 0 Å². The van der Waals surface area contributed by atoms with E-state index in [0.29, 0.717) is 11.3 Å². The lowest BCUT2D eigenvalue weighted by atomic mass is 10.0. The highest BCUT2D eigenvalue weighted by Crippen LogP contribution is 2.30. The third-order valence-electron chi connectivity index (χ3n) is 6.70. The lowest BCUT2D eigenvalue weighted by Gasteiger charge is -2.13. The molecule has 0 radical (unpaired) electrons. The fraction of sp³-hybridized carbons (Fsp3) is 0.452. The summed E-state index contributed by atoms with van der Waals surface area (Å²) in [5, 5.41) is 15.0. The lowest BCUT2D eigenvalue weighted by molar-refractivity contribution is 0.0698. The van der Waals surface area contributed by atoms with Crippen LogP contribution in [0, 0.1) is 0 Å². The quantitative estimate of drug-likeness (QED) is 0.210. The summed E-state index contributed by atoms with van der Waals surface area (Å²) in [6.45, 7) is 2.28. The van der Waals surface area contributed by atoms with Gasteiger partial charge >= 0.3 is 5.97 Å². The van der Waals surface area contributed by atoms with Crippen molar-refractivity contribution in [2.45, 2.75) is 90.4 Å². The Kier molecular flexibility index (Phi) is 11.0. The number of rotatable bonds is 16. The van der Waals surface area contributed by atoms with Crippen LogP contribution in [0.2, 0.25) is 0 Å². The number of hydrogen-bond acceptors (Lipinski definition) is 2. The largest absolute Gasteiger partial charge is 0.478 e. The molecule has 3 rings (SSSR count). The van der Waals surface area contributed by atoms with Gasteiger partial charge in [-0.05, 0) is 42.0 Å². The van der Waals surface area contributed by atoms with Crippen molar-refractivity contribution in [3.05, 3.63) is 71.8 Å². The molecule has 3 heteroatoms. The second kappa shape index (κ2) is 14.5. The molecule has 34 heavy (non-hydrogen) atoms. The first kappa shape index (κ1) is 25.8. The van der Waals surface area contributed by atoms with Crippen LogP contribution in [0.1, 0.15) is 99.9 Å². The minimum atomic E-state index is -0.920. The maximum Gasteiger partial charge on any atom is 0.337 e. The van der Waals surface area contributed by atoms with Gasteiger partial charge in [0.25, 0.3) is 0 Å². The van der Waals surface area contributed by atoms with E-state index < -0.39 is 5.97 Å². The van der Waals surface area contributed by atoms with E-state index in [1.54, 1.807) is 6.07 Å². The molecular weight excluding hydrogens is 418 g/mol. The standard InChI is InChI=1S/C31H41NO2/c1-2-3-4-5-6-7-8-9-10-11-12-13-16-25-19-22-27(23-20-25)32-30-28-18-15-14-17-26(28)21-24-29(30)31(33)34/h14-15,17-24,32H,2-13,16H2,1H3,(H,33,34). The van der Waals surface area contributed by atoms with Crippen LogP contribution in [0.3, 0.4) is 0 Å². The maximum absolute atomic E-state index is 11.8. The molecule has 3 nitrogen and oxygen atoms in total. The molecule has 0 fully saturated rings. The van der Waals surface area contributed by atoms with E-state index in [0.717, 1.165) is 22.9 Å². The van der Waals surface area contributed by atoms with Crippen molar-refractivity contribution in [3.63, 3.8) is 0 Å². The maximum atomic E-state index is 11.8. The van der Waals surface area contributed by atoms with Crippen molar-refractivity contribution in [1.82, 2.24) is 0 Å². The Morgan fingerprint density at radius 2 is 1.29 bits per heavy atom. The molecule has 0 amide bonds. The summed E-state index contributed by atoms with van der Waals surface area (Å²) in [6.07, 6.45) is 17.5. The summed E-state index contributed by atoms with van der Waals surface area (Å²) >= 11 is 0. The van der Waals surface area contributed by atoms with Gasteiger partial charge in [-0.2, -0.15) is 0 Å². The summed E-state index contributed by atoms with van der Waals surface area (Å²) in [7, 11) is 0. The number of carboxylic acids is 1. The Morgan fingerprint density at radius 3 is 1.91 bits per heavy atom. The lowest BCUT2D eigenvalue weighted by Crippen LogP contribution is -2.03. The van der Waals surface area contributed by atoms with E-state index >= 15 is 0 Å². The number of fused-ring (bicyclic) bond motifs is 1. The SMILES string of the molecule is CCCCCCCCCCCCCCc1ccc(Nc2c(C(=O)O)ccc3ccccc23)cc1. The first-order chi connectivity index (χ1) is 16.7. The van der Waals surface area contributed by atoms with Gasteiger partial charge in [0.15, 0.2) is 0 Å². The van der Waals surface area contributed by atoms with Crippen LogP contribution in [-0.4, -0.2) is 11.1 Å². The number of carboxylic acid groups (broad SMARTS) is 1. The van der Waals surface area contributed by atoms with Gasteiger partial charge in [-0.1, -0.05) is 120 Å². The van der Waals surface area contributed by atoms with Crippen molar-refractivity contribution in [2.75, 3.05) is 5.32 Å². The molecule has 0 heterocycles. The third kappa shape index (κ3) is 8.20. The van der Waals surface area contributed by atoms with E-state index in [1.165, 1.54) is 82.6 Å². The molecule has 2 N–H and O–H groups in total. The smallest absolute Gasteiger partial charge is 0.337 e. The molecule has 0 saturated carbocycles. The summed E-state index contributed by atoms with van der Waals surface area (Å²) in [5.41, 5.74) is 3.20. The number of aryl methyl sites for hydroxylation is 1. The topological polar surface area (TPSA) is 49.3 Å². The van der Waals surface area contributed by atoms with Gasteiger partial charge in [0.05, 0.1) is 11.3 Å². The van der Waals surface area contributed by atoms with E-state index in [1.807, 2.05) is 30.3 Å². The Bertz CT molecular complexity index is 1010. The number of hydrogen-bond donors (Lipinski definition) is 2. The van der Waals surface area contributed by atoms with Crippen LogP contribution >= 0.6 is 0 Å². The van der Waals surface area contributed by atoms with Crippen LogP contribution < -0.4 is 5.32 Å². The summed E-state index contributed by atoms with van der Waals surface area (Å²) in [6, 6.07) is 19.9. The Hall–Kier alpha value is -2.81. The summed E-state index contributed by atoms with van der Waals surface area (Å²) < 4.78 is 0. The van der Waals surface area contributed by atoms with Gasteiger partial charge in [-0.15, -0.1) is 0 Å². The van der Waals surface area contributed by atoms with Gasteiger partial charge in [0, 0.05) is 11.1 Å². The van der Waals surface area contributed by atoms with Crippen molar-refractivity contribution < 1.29 is 9.90 Å². The second-order valence-corrected chi connectivity index (χ2v) is 9.48. The zero-order chi connectivity index (χ0) is 24.0. The molecule has 0 bridgehead atoms. The molecule has 0 saturated heterocycles. The minimum Gasteiger partial charge on any atom is -0.478 e. The average Bonchev–Trinajstić information content (AvgIpc) is 2.85. The highest BCUT2D eigenvalue weighted by atomic mass is 16.4. The molecule has 0 spiro atoms. The van der Waals surface area contributed by atoms with Crippen LogP contribution in [0.25, 0.3) is 10.8 Å². The second-order valence-electron chi connectivity index (χ2n) is 9.48. The van der Waals surface area contributed by atoms with Crippen LogP contribution in [0.4, 0.5) is 11.4 Å². The van der Waals surface area contributed by atoms with Crippen molar-refractivity contribution in [3.8, 4) is 0 Å². The van der Waals surface area contributed by atoms with Crippen LogP contribution in [-0.2, 0) is 6.42 Å². The first-order valence-corrected chi connectivity index (χ1v) is 13.3. The Labute approximate surface area is 205 Å². The van der Waals surface area contributed by atoms with Gasteiger partial charge in [0.2, 0.25) is 0 Å². The highest BCUT2D eigenvalue weighted by Gasteiger charge is 2.13. The number of benzene rings is 3. The van der Waals surface area contributed by atoms with Crippen molar-refractivity contribution >= 4 is 28.1 Å². The highest BCUT2D eigenvalue weighted by molar-refractivity contribution is 6.06. The van der Waals surface area contributed by atoms with Crippen LogP contribution in [0.15, 0.2) is 60.7 Å². The number of aromatic carboxylic acids is 1. The number of unbranched alkanes of at least 4 members (excludes halogenated alkanes) is 11. The fourth-order valence-electron chi connectivity index (χ4n) is 4.65. The first-order valence-electron chi connectivity index (χ1n) is 13.3. The van der Waals surface area contributed by atoms with E-state index in [-0.39, 0.29) is 0 Å². The zero-order valence-corrected chi connectivity index (χ0v) is 20.8. The number of carbonyl (C=O) groups is 1. The minimum absolute atomic E-state index is 0.291. The zero-order valence-electron chi connectivity index (χ0n) is 20.8. The fourth-order valence-corrected chi connectivity index (χ4v) is 4.65. The number of nitrogens with one attached hydrogen (secondary N) is 1. The van der Waals surface area contributed by atoms with Gasteiger partial charge in [0.1, 0.15) is 0 Å². The van der Waals surface area contributed by atoms with E-state index in [2.05, 4.69) is 36.5 Å². The van der Waals surface area contributed by atoms with Gasteiger partial charge in [-0.25, -0.2) is 4.79 Å². The third-order valence-corrected chi connectivity index (χ3v) is 6.70.